The second-order valence-corrected chi connectivity index (χ2v) is 5.99. The largest absolute Gasteiger partial charge is 0.384 e. The van der Waals surface area contributed by atoms with E-state index in [0.717, 1.165) is 0 Å². The summed E-state index contributed by atoms with van der Waals surface area (Å²) >= 11 is 0. The molecule has 2 rings (SSSR count). The van der Waals surface area contributed by atoms with E-state index in [1.165, 1.54) is 23.1 Å². The van der Waals surface area contributed by atoms with Crippen LogP contribution in [0.2, 0.25) is 0 Å². The quantitative estimate of drug-likeness (QED) is 0.762. The maximum atomic E-state index is 13.8. The van der Waals surface area contributed by atoms with Crippen molar-refractivity contribution < 1.29 is 18.5 Å². The van der Waals surface area contributed by atoms with Gasteiger partial charge in [-0.15, -0.1) is 0 Å². The zero-order chi connectivity index (χ0) is 14.5. The molecule has 1 aliphatic rings. The number of nitrogens with zero attached hydrogens (tertiary/aromatic N) is 1. The van der Waals surface area contributed by atoms with Crippen molar-refractivity contribution in [3.05, 3.63) is 35.1 Å². The van der Waals surface area contributed by atoms with Crippen LogP contribution in [0, 0.1) is 17.7 Å². The molecule has 1 aromatic carbocycles. The molecule has 4 nitrogen and oxygen atoms in total. The predicted octanol–water partition coefficient (Wildman–Crippen LogP) is 0.374. The summed E-state index contributed by atoms with van der Waals surface area (Å²) in [7, 11) is -0.886. The number of hydrogen-bond acceptors (Lipinski definition) is 3. The molecule has 0 aromatic heterocycles. The minimum Gasteiger partial charge on any atom is -0.384 e. The smallest absolute Gasteiger partial charge is 0.256 e. The van der Waals surface area contributed by atoms with E-state index < -0.39 is 22.5 Å². The molecule has 1 saturated heterocycles. The van der Waals surface area contributed by atoms with Gasteiger partial charge >= 0.3 is 0 Å². The van der Waals surface area contributed by atoms with Crippen molar-refractivity contribution in [2.45, 2.75) is 0 Å². The summed E-state index contributed by atoms with van der Waals surface area (Å²) in [6.07, 6.45) is 0. The molecular formula is C14H14FNO3S. The van der Waals surface area contributed by atoms with Crippen LogP contribution in [0.1, 0.15) is 15.9 Å². The van der Waals surface area contributed by atoms with Crippen LogP contribution < -0.4 is 0 Å². The summed E-state index contributed by atoms with van der Waals surface area (Å²) in [6, 6.07) is 4.03. The number of rotatable bonds is 1. The predicted molar refractivity (Wildman–Crippen MR) is 74.1 cm³/mol. The Labute approximate surface area is 119 Å². The third-order valence-electron chi connectivity index (χ3n) is 2.97. The Hall–Kier alpha value is -1.71. The van der Waals surface area contributed by atoms with Crippen molar-refractivity contribution in [3.63, 3.8) is 0 Å². The average molecular weight is 295 g/mol. The van der Waals surface area contributed by atoms with E-state index in [1.807, 2.05) is 0 Å². The van der Waals surface area contributed by atoms with Crippen LogP contribution >= 0.6 is 0 Å². The van der Waals surface area contributed by atoms with Gasteiger partial charge in [-0.1, -0.05) is 11.8 Å². The van der Waals surface area contributed by atoms with Crippen molar-refractivity contribution in [2.75, 3.05) is 31.2 Å². The van der Waals surface area contributed by atoms with Crippen molar-refractivity contribution >= 4 is 16.7 Å². The van der Waals surface area contributed by atoms with E-state index >= 15 is 0 Å². The van der Waals surface area contributed by atoms with Crippen molar-refractivity contribution in [1.82, 2.24) is 4.90 Å². The Morgan fingerprint density at radius 1 is 1.40 bits per heavy atom. The lowest BCUT2D eigenvalue weighted by Gasteiger charge is -2.26. The molecule has 0 atom stereocenters. The Morgan fingerprint density at radius 2 is 2.10 bits per heavy atom. The minimum atomic E-state index is -0.886. The van der Waals surface area contributed by atoms with Gasteiger partial charge in [0.1, 0.15) is 12.4 Å². The fourth-order valence-corrected chi connectivity index (χ4v) is 2.97. The van der Waals surface area contributed by atoms with Crippen LogP contribution in [0.15, 0.2) is 18.2 Å². The topological polar surface area (TPSA) is 57.6 Å². The highest BCUT2D eigenvalue weighted by Crippen LogP contribution is 2.14. The Balaban J connectivity index is 2.22. The Kier molecular flexibility index (Phi) is 4.88. The zero-order valence-corrected chi connectivity index (χ0v) is 11.6. The molecule has 106 valence electrons. The van der Waals surface area contributed by atoms with Gasteiger partial charge < -0.3 is 10.0 Å². The van der Waals surface area contributed by atoms with Crippen molar-refractivity contribution in [3.8, 4) is 11.8 Å². The molecule has 0 spiro atoms. The summed E-state index contributed by atoms with van der Waals surface area (Å²) in [6.45, 7) is 0.452. The van der Waals surface area contributed by atoms with E-state index in [4.69, 9.17) is 5.11 Å². The van der Waals surface area contributed by atoms with Crippen LogP contribution in [0.3, 0.4) is 0 Å². The molecule has 1 aromatic rings. The normalized spacial score (nSPS) is 15.6. The molecule has 0 saturated carbocycles. The average Bonchev–Trinajstić information content (AvgIpc) is 2.46. The monoisotopic (exact) mass is 295 g/mol. The van der Waals surface area contributed by atoms with E-state index in [9.17, 15) is 13.4 Å². The molecule has 0 aliphatic carbocycles. The number of carbonyl (C=O) groups excluding carboxylic acids is 1. The second-order valence-electron chi connectivity index (χ2n) is 4.29. The standard InChI is InChI=1S/C14H14FNO3S/c15-13-4-3-11(2-1-7-17)10-12(13)14(18)16-5-8-20(19)9-6-16/h3-4,10,17H,5-9H2. The van der Waals surface area contributed by atoms with Crippen LogP contribution in [0.4, 0.5) is 4.39 Å². The lowest BCUT2D eigenvalue weighted by atomic mass is 10.1. The first-order valence-electron chi connectivity index (χ1n) is 6.15. The highest BCUT2D eigenvalue weighted by Gasteiger charge is 2.23. The zero-order valence-electron chi connectivity index (χ0n) is 10.8. The molecule has 1 fully saturated rings. The summed E-state index contributed by atoms with van der Waals surface area (Å²) in [4.78, 5) is 13.7. The molecule has 0 bridgehead atoms. The SMILES string of the molecule is O=C(c1cc(C#CCO)ccc1F)N1CCS(=O)CC1. The first-order chi connectivity index (χ1) is 9.61. The van der Waals surface area contributed by atoms with Gasteiger partial charge in [0, 0.05) is 41.0 Å². The third kappa shape index (κ3) is 3.44. The van der Waals surface area contributed by atoms with Crippen molar-refractivity contribution in [1.29, 1.82) is 0 Å². The Morgan fingerprint density at radius 3 is 2.75 bits per heavy atom. The molecule has 1 N–H and O–H groups in total. The first kappa shape index (κ1) is 14.7. The fourth-order valence-electron chi connectivity index (χ4n) is 1.92. The molecule has 1 aliphatic heterocycles. The maximum Gasteiger partial charge on any atom is 0.256 e. The van der Waals surface area contributed by atoms with Gasteiger partial charge in [-0.05, 0) is 18.2 Å². The summed E-state index contributed by atoms with van der Waals surface area (Å²) in [5, 5.41) is 8.64. The summed E-state index contributed by atoms with van der Waals surface area (Å²) < 4.78 is 25.0. The maximum absolute atomic E-state index is 13.8. The third-order valence-corrected chi connectivity index (χ3v) is 4.25. The fraction of sp³-hybridized carbons (Fsp3) is 0.357. The highest BCUT2D eigenvalue weighted by molar-refractivity contribution is 7.85. The number of hydrogen-bond donors (Lipinski definition) is 1. The molecular weight excluding hydrogens is 281 g/mol. The molecule has 1 heterocycles. The van der Waals surface area contributed by atoms with Gasteiger partial charge in [0.15, 0.2) is 0 Å². The van der Waals surface area contributed by atoms with Gasteiger partial charge in [-0.2, -0.15) is 0 Å². The van der Waals surface area contributed by atoms with Gasteiger partial charge in [-0.3, -0.25) is 9.00 Å². The number of aliphatic hydroxyl groups is 1. The number of amides is 1. The van der Waals surface area contributed by atoms with Crippen molar-refractivity contribution in [2.24, 2.45) is 0 Å². The number of benzene rings is 1. The number of aliphatic hydroxyl groups excluding tert-OH is 1. The van der Waals surface area contributed by atoms with Crippen LogP contribution in [-0.2, 0) is 10.8 Å². The lowest BCUT2D eigenvalue weighted by Crippen LogP contribution is -2.42. The van der Waals surface area contributed by atoms with Gasteiger partial charge in [0.05, 0.1) is 5.56 Å². The van der Waals surface area contributed by atoms with E-state index in [0.29, 0.717) is 30.2 Å². The number of carbonyl (C=O) groups is 1. The highest BCUT2D eigenvalue weighted by atomic mass is 32.2. The van der Waals surface area contributed by atoms with Gasteiger partial charge in [0.2, 0.25) is 0 Å². The van der Waals surface area contributed by atoms with E-state index in [2.05, 4.69) is 11.8 Å². The van der Waals surface area contributed by atoms with Crippen LogP contribution in [-0.4, -0.2) is 51.3 Å². The molecule has 6 heteroatoms. The lowest BCUT2D eigenvalue weighted by molar-refractivity contribution is 0.0766. The molecule has 1 amide bonds. The molecule has 0 unspecified atom stereocenters. The van der Waals surface area contributed by atoms with Gasteiger partial charge in [-0.25, -0.2) is 4.39 Å². The summed E-state index contributed by atoms with van der Waals surface area (Å²) in [5.41, 5.74) is 0.437. The van der Waals surface area contributed by atoms with Gasteiger partial charge in [0.25, 0.3) is 5.91 Å². The van der Waals surface area contributed by atoms with Crippen LogP contribution in [0.5, 0.6) is 0 Å². The van der Waals surface area contributed by atoms with E-state index in [-0.39, 0.29) is 12.2 Å². The first-order valence-corrected chi connectivity index (χ1v) is 7.64. The number of halogens is 1. The second kappa shape index (κ2) is 6.64. The van der Waals surface area contributed by atoms with Crippen LogP contribution in [0.25, 0.3) is 0 Å². The minimum absolute atomic E-state index is 0.0394. The molecule has 20 heavy (non-hydrogen) atoms. The van der Waals surface area contributed by atoms with E-state index in [1.54, 1.807) is 0 Å². The Bertz CT molecular complexity index is 596. The molecule has 0 radical (unpaired) electrons. The summed E-state index contributed by atoms with van der Waals surface area (Å²) in [5.74, 6) is 4.94.